The highest BCUT2D eigenvalue weighted by molar-refractivity contribution is 6.93. The quantitative estimate of drug-likeness (QED) is 0.369. The van der Waals surface area contributed by atoms with Gasteiger partial charge in [0.25, 0.3) is 5.91 Å². The Morgan fingerprint density at radius 1 is 1.06 bits per heavy atom. The first-order valence-corrected chi connectivity index (χ1v) is 11.8. The van der Waals surface area contributed by atoms with Gasteiger partial charge >= 0.3 is 24.1 Å². The average Bonchev–Trinajstić information content (AvgIpc) is 2.68. The fourth-order valence-corrected chi connectivity index (χ4v) is 3.81. The second-order valence-corrected chi connectivity index (χ2v) is 11.8. The van der Waals surface area contributed by atoms with Gasteiger partial charge in [-0.2, -0.15) is 35.1 Å². The Morgan fingerprint density at radius 3 is 1.88 bits per heavy atom. The van der Waals surface area contributed by atoms with Crippen molar-refractivity contribution in [3.8, 4) is 0 Å². The van der Waals surface area contributed by atoms with Gasteiger partial charge in [0.15, 0.2) is 6.67 Å². The van der Waals surface area contributed by atoms with Gasteiger partial charge < -0.3 is 9.64 Å². The van der Waals surface area contributed by atoms with E-state index < -0.39 is 56.6 Å². The van der Waals surface area contributed by atoms with E-state index in [1.165, 1.54) is 12.1 Å². The zero-order valence-electron chi connectivity index (χ0n) is 16.9. The Bertz CT molecular complexity index is 823. The highest BCUT2D eigenvalue weighted by Gasteiger charge is 2.75. The number of hydrogen-bond donors (Lipinski definition) is 0. The molecule has 0 aliphatic rings. The van der Waals surface area contributed by atoms with E-state index in [1.54, 1.807) is 5.70 Å². The zero-order valence-corrected chi connectivity index (χ0v) is 17.9. The number of nitrogens with zero attached hydrogens (tertiary/aromatic N) is 1. The highest BCUT2D eigenvalue weighted by atomic mass is 28.3. The molecule has 14 heteroatoms. The van der Waals surface area contributed by atoms with Gasteiger partial charge in [0.05, 0.1) is 0 Å². The van der Waals surface area contributed by atoms with E-state index in [9.17, 15) is 48.7 Å². The SMILES string of the molecule is C=C[Si](C)(C)c1ccc(N(C)C(=O)C(F)(C(OC(F)(F)CF)C(F)(F)F)C(F)(F)F)cc1. The fraction of sp³-hybridized carbons (Fsp3) is 0.500. The molecule has 1 aromatic carbocycles. The molecule has 0 aromatic heterocycles. The average molecular weight is 499 g/mol. The molecule has 0 radical (unpaired) electrons. The van der Waals surface area contributed by atoms with Crippen LogP contribution in [0.25, 0.3) is 0 Å². The molecule has 0 saturated heterocycles. The van der Waals surface area contributed by atoms with Gasteiger partial charge in [-0.3, -0.25) is 4.79 Å². The third-order valence-electron chi connectivity index (χ3n) is 4.64. The first kappa shape index (κ1) is 27.9. The summed E-state index contributed by atoms with van der Waals surface area (Å²) in [7, 11) is -1.64. The van der Waals surface area contributed by atoms with Gasteiger partial charge in [-0.05, 0) is 12.1 Å². The van der Waals surface area contributed by atoms with Gasteiger partial charge in [0.1, 0.15) is 8.07 Å². The van der Waals surface area contributed by atoms with Crippen molar-refractivity contribution in [1.82, 2.24) is 0 Å². The minimum Gasteiger partial charge on any atom is -0.312 e. The lowest BCUT2D eigenvalue weighted by atomic mass is 9.94. The number of benzene rings is 1. The minimum absolute atomic E-state index is 0.116. The highest BCUT2D eigenvalue weighted by Crippen LogP contribution is 2.47. The van der Waals surface area contributed by atoms with Crippen molar-refractivity contribution in [1.29, 1.82) is 0 Å². The summed E-state index contributed by atoms with van der Waals surface area (Å²) in [5, 5.41) is 0.679. The third kappa shape index (κ3) is 5.63. The molecule has 32 heavy (non-hydrogen) atoms. The van der Waals surface area contributed by atoms with Crippen molar-refractivity contribution in [3.63, 3.8) is 0 Å². The number of halogens is 10. The molecule has 0 aliphatic carbocycles. The first-order valence-electron chi connectivity index (χ1n) is 8.71. The van der Waals surface area contributed by atoms with Gasteiger partial charge in [-0.15, -0.1) is 6.58 Å². The number of carbonyl (C=O) groups is 1. The Hall–Kier alpha value is -2.09. The predicted octanol–water partition coefficient (Wildman–Crippen LogP) is 5.07. The number of hydrogen-bond acceptors (Lipinski definition) is 2. The smallest absolute Gasteiger partial charge is 0.312 e. The van der Waals surface area contributed by atoms with Crippen molar-refractivity contribution in [2.24, 2.45) is 0 Å². The molecule has 3 nitrogen and oxygen atoms in total. The Kier molecular flexibility index (Phi) is 7.89. The molecule has 0 aliphatic heterocycles. The van der Waals surface area contributed by atoms with Crippen LogP contribution in [-0.4, -0.2) is 57.9 Å². The number of rotatable bonds is 8. The van der Waals surface area contributed by atoms with Crippen molar-refractivity contribution in [2.75, 3.05) is 18.6 Å². The Labute approximate surface area is 177 Å². The molecule has 1 amide bonds. The number of amides is 1. The third-order valence-corrected chi connectivity index (χ3v) is 7.48. The van der Waals surface area contributed by atoms with E-state index >= 15 is 0 Å². The normalized spacial score (nSPS) is 16.3. The minimum atomic E-state index is -6.65. The van der Waals surface area contributed by atoms with Gasteiger partial charge in [-0.25, -0.2) is 8.78 Å². The van der Waals surface area contributed by atoms with E-state index in [2.05, 4.69) is 11.3 Å². The van der Waals surface area contributed by atoms with Crippen molar-refractivity contribution in [3.05, 3.63) is 36.5 Å². The maximum atomic E-state index is 15.0. The molecule has 0 fully saturated rings. The van der Waals surface area contributed by atoms with Gasteiger partial charge in [0, 0.05) is 12.7 Å². The number of alkyl halides is 10. The maximum absolute atomic E-state index is 15.0. The van der Waals surface area contributed by atoms with Crippen LogP contribution in [0.15, 0.2) is 36.5 Å². The molecule has 0 bridgehead atoms. The number of anilines is 1. The molecule has 2 atom stereocenters. The second kappa shape index (κ2) is 9.04. The lowest BCUT2D eigenvalue weighted by molar-refractivity contribution is -0.375. The topological polar surface area (TPSA) is 29.5 Å². The summed E-state index contributed by atoms with van der Waals surface area (Å²) < 4.78 is 136. The molecule has 0 heterocycles. The standard InChI is InChI=1S/C18H19F10NO2Si/c1-5-32(3,4)12-8-6-11(7-9-12)29(2)14(30)16(22,18(26,27)28)13(17(23,24)25)31-15(20,21)10-19/h5-9,13H,1,10H2,2-4H3. The van der Waals surface area contributed by atoms with E-state index in [0.717, 1.165) is 12.1 Å². The maximum Gasteiger partial charge on any atom is 0.434 e. The monoisotopic (exact) mass is 499 g/mol. The van der Waals surface area contributed by atoms with Crippen molar-refractivity contribution < 1.29 is 53.4 Å². The molecule has 182 valence electrons. The van der Waals surface area contributed by atoms with Crippen LogP contribution in [0.2, 0.25) is 13.1 Å². The van der Waals surface area contributed by atoms with E-state index in [4.69, 9.17) is 0 Å². The van der Waals surface area contributed by atoms with Crippen LogP contribution < -0.4 is 10.1 Å². The van der Waals surface area contributed by atoms with E-state index in [1.807, 2.05) is 13.1 Å². The molecular formula is C18H19F10NO2Si. The lowest BCUT2D eigenvalue weighted by Crippen LogP contribution is -2.67. The summed E-state index contributed by atoms with van der Waals surface area (Å²) in [4.78, 5) is 12.2. The summed E-state index contributed by atoms with van der Waals surface area (Å²) in [6, 6.07) is 4.80. The van der Waals surface area contributed by atoms with Crippen LogP contribution in [0.5, 0.6) is 0 Å². The molecule has 1 rings (SSSR count). The fourth-order valence-electron chi connectivity index (χ4n) is 2.55. The Morgan fingerprint density at radius 2 is 1.53 bits per heavy atom. The Balaban J connectivity index is 3.53. The van der Waals surface area contributed by atoms with Gasteiger partial charge in [-0.1, -0.05) is 36.1 Å². The molecule has 1 aromatic rings. The summed E-state index contributed by atoms with van der Waals surface area (Å²) >= 11 is 0. The van der Waals surface area contributed by atoms with Crippen LogP contribution in [0, 0.1) is 0 Å². The molecule has 0 saturated carbocycles. The van der Waals surface area contributed by atoms with Gasteiger partial charge in [0.2, 0.25) is 6.10 Å². The summed E-state index contributed by atoms with van der Waals surface area (Å²) in [6.45, 7) is 4.35. The number of ether oxygens (including phenoxy) is 1. The largest absolute Gasteiger partial charge is 0.434 e. The molecule has 2 unspecified atom stereocenters. The van der Waals surface area contributed by atoms with Crippen LogP contribution in [0.1, 0.15) is 0 Å². The van der Waals surface area contributed by atoms with Crippen molar-refractivity contribution in [2.45, 2.75) is 43.3 Å². The molecule has 0 spiro atoms. The second-order valence-electron chi connectivity index (χ2n) is 7.36. The van der Waals surface area contributed by atoms with Crippen LogP contribution >= 0.6 is 0 Å². The lowest BCUT2D eigenvalue weighted by Gasteiger charge is -2.38. The summed E-state index contributed by atoms with van der Waals surface area (Å²) in [6.07, 6.45) is -23.6. The first-order chi connectivity index (χ1) is 14.2. The summed E-state index contributed by atoms with van der Waals surface area (Å²) in [5.74, 6) is -2.88. The van der Waals surface area contributed by atoms with Crippen LogP contribution in [0.4, 0.5) is 49.6 Å². The van der Waals surface area contributed by atoms with Crippen LogP contribution in [0.3, 0.4) is 0 Å². The molecule has 0 N–H and O–H groups in total. The molecular weight excluding hydrogens is 480 g/mol. The van der Waals surface area contributed by atoms with Crippen LogP contribution in [-0.2, 0) is 9.53 Å². The number of carbonyl (C=O) groups excluding carboxylic acids is 1. The van der Waals surface area contributed by atoms with Crippen molar-refractivity contribution >= 4 is 24.9 Å². The van der Waals surface area contributed by atoms with E-state index in [-0.39, 0.29) is 4.90 Å². The van der Waals surface area contributed by atoms with E-state index in [0.29, 0.717) is 12.2 Å². The predicted molar refractivity (Wildman–Crippen MR) is 98.9 cm³/mol. The summed E-state index contributed by atoms with van der Waals surface area (Å²) in [5.41, 5.74) is -4.81. The zero-order chi connectivity index (χ0) is 25.3.